The monoisotopic (exact) mass is 1300 g/mol. The SMILES string of the molecule is CCCCOCCOc1ccc(-c2cc(Cl)c(OC)c(/C=C/C(=O)Nc3ccc([S@@](=O)Cc4cncn4CC(C)CCCCOCCOc4ccc(-c5cc(Cl)c(OC)c(/C=C/C(=O)Nc6ccc([S@](=O)Cc7cncn7CCC)cc6)c5)cc4)cc3)c2)cc1. The Hall–Kier alpha value is -7.84. The zero-order valence-electron chi connectivity index (χ0n) is 51.5. The van der Waals surface area contributed by atoms with Gasteiger partial charge in [0.1, 0.15) is 36.2 Å². The molecular weight excluding hydrogens is 1220 g/mol. The van der Waals surface area contributed by atoms with Crippen LogP contribution in [0.3, 0.4) is 0 Å². The molecule has 2 N–H and O–H groups in total. The highest BCUT2D eigenvalue weighted by atomic mass is 35.5. The molecule has 0 aliphatic heterocycles. The summed E-state index contributed by atoms with van der Waals surface area (Å²) < 4.78 is 65.3. The van der Waals surface area contributed by atoms with Crippen LogP contribution in [0.4, 0.5) is 11.4 Å². The normalized spacial score (nSPS) is 12.5. The third-order valence-corrected chi connectivity index (χ3v) is 17.8. The quantitative estimate of drug-likeness (QED) is 0.0280. The van der Waals surface area contributed by atoms with Crippen molar-refractivity contribution in [1.29, 1.82) is 0 Å². The number of benzene rings is 6. The molecule has 90 heavy (non-hydrogen) atoms. The molecule has 0 saturated heterocycles. The molecule has 1 unspecified atom stereocenters. The first-order valence-electron chi connectivity index (χ1n) is 30.1. The lowest BCUT2D eigenvalue weighted by atomic mass is 10.0. The first-order valence-corrected chi connectivity index (χ1v) is 33.5. The molecule has 2 heterocycles. The van der Waals surface area contributed by atoms with Crippen molar-refractivity contribution in [3.8, 4) is 45.3 Å². The molecule has 0 fully saturated rings. The topological polar surface area (TPSA) is 183 Å². The zero-order valence-corrected chi connectivity index (χ0v) is 54.6. The van der Waals surface area contributed by atoms with Crippen LogP contribution in [-0.2, 0) is 65.3 Å². The van der Waals surface area contributed by atoms with Crippen LogP contribution in [0, 0.1) is 5.92 Å². The molecule has 474 valence electrons. The lowest BCUT2D eigenvalue weighted by Gasteiger charge is -2.15. The second-order valence-corrected chi connectivity index (χ2v) is 25.1. The van der Waals surface area contributed by atoms with E-state index < -0.39 is 21.6 Å². The summed E-state index contributed by atoms with van der Waals surface area (Å²) in [6.45, 7) is 11.2. The minimum Gasteiger partial charge on any atom is -0.495 e. The maximum atomic E-state index is 13.6. The maximum Gasteiger partial charge on any atom is 0.248 e. The molecule has 2 aromatic heterocycles. The molecule has 16 nitrogen and oxygen atoms in total. The third-order valence-electron chi connectivity index (χ3n) is 14.5. The van der Waals surface area contributed by atoms with Crippen molar-refractivity contribution in [2.75, 3.05) is 64.5 Å². The molecule has 8 rings (SSSR count). The van der Waals surface area contributed by atoms with Gasteiger partial charge in [0.2, 0.25) is 11.8 Å². The van der Waals surface area contributed by atoms with E-state index in [-0.39, 0.29) is 11.8 Å². The van der Waals surface area contributed by atoms with Crippen LogP contribution in [0.15, 0.2) is 168 Å². The highest BCUT2D eigenvalue weighted by Crippen LogP contribution is 2.37. The third kappa shape index (κ3) is 20.6. The number of nitrogens with one attached hydrogen (secondary N) is 2. The van der Waals surface area contributed by atoms with Crippen LogP contribution < -0.4 is 29.6 Å². The molecule has 0 spiro atoms. The molecule has 20 heteroatoms. The van der Waals surface area contributed by atoms with E-state index in [1.807, 2.05) is 77.4 Å². The molecule has 0 radical (unpaired) electrons. The fourth-order valence-electron chi connectivity index (χ4n) is 9.80. The molecule has 2 amide bonds. The van der Waals surface area contributed by atoms with Crippen molar-refractivity contribution in [1.82, 2.24) is 19.1 Å². The number of amides is 2. The van der Waals surface area contributed by atoms with E-state index in [2.05, 4.69) is 45.9 Å². The Morgan fingerprint density at radius 3 is 1.47 bits per heavy atom. The summed E-state index contributed by atoms with van der Waals surface area (Å²) in [5.74, 6) is 2.66. The number of anilines is 2. The van der Waals surface area contributed by atoms with Gasteiger partial charge in [0.15, 0.2) is 0 Å². The van der Waals surface area contributed by atoms with Crippen LogP contribution in [-0.4, -0.2) is 93.2 Å². The predicted molar refractivity (Wildman–Crippen MR) is 361 cm³/mol. The fourth-order valence-corrected chi connectivity index (χ4v) is 12.6. The van der Waals surface area contributed by atoms with Crippen molar-refractivity contribution < 1.29 is 46.4 Å². The van der Waals surface area contributed by atoms with Gasteiger partial charge in [0.05, 0.1) is 94.6 Å². The fraction of sp³-hybridized carbons (Fsp3) is 0.314. The van der Waals surface area contributed by atoms with Crippen LogP contribution in [0.2, 0.25) is 10.0 Å². The molecular formula is C70H78Cl2N6O10S2. The van der Waals surface area contributed by atoms with Gasteiger partial charge in [0, 0.05) is 83.1 Å². The molecule has 3 atom stereocenters. The van der Waals surface area contributed by atoms with Gasteiger partial charge in [-0.1, -0.05) is 81.1 Å². The Bertz CT molecular complexity index is 3710. The minimum absolute atomic E-state index is 0.303. The largest absolute Gasteiger partial charge is 0.495 e. The van der Waals surface area contributed by atoms with E-state index in [4.69, 9.17) is 51.6 Å². The second kappa shape index (κ2) is 35.5. The van der Waals surface area contributed by atoms with Gasteiger partial charge in [-0.05, 0) is 163 Å². The average Bonchev–Trinajstić information content (AvgIpc) is 1.79. The van der Waals surface area contributed by atoms with E-state index >= 15 is 0 Å². The van der Waals surface area contributed by atoms with E-state index in [1.54, 1.807) is 85.7 Å². The second-order valence-electron chi connectivity index (χ2n) is 21.4. The summed E-state index contributed by atoms with van der Waals surface area (Å²) in [5, 5.41) is 6.56. The molecule has 0 aliphatic carbocycles. The summed E-state index contributed by atoms with van der Waals surface area (Å²) in [4.78, 5) is 36.0. The number of ether oxygens (including phenoxy) is 6. The van der Waals surface area contributed by atoms with Gasteiger partial charge in [0.25, 0.3) is 0 Å². The molecule has 8 aromatic rings. The van der Waals surface area contributed by atoms with Crippen molar-refractivity contribution in [3.05, 3.63) is 191 Å². The number of unbranched alkanes of at least 4 members (excludes halogenated alkanes) is 2. The number of aryl methyl sites for hydroxylation is 1. The Labute approximate surface area is 542 Å². The smallest absolute Gasteiger partial charge is 0.248 e. The summed E-state index contributed by atoms with van der Waals surface area (Å²) in [5.41, 5.74) is 7.71. The number of carbonyl (C=O) groups excluding carboxylic acids is 2. The zero-order chi connectivity index (χ0) is 63.6. The Balaban J connectivity index is 0.712. The molecule has 0 aliphatic rings. The molecule has 0 bridgehead atoms. The number of carbonyl (C=O) groups is 2. The Kier molecular flexibility index (Phi) is 26.9. The van der Waals surface area contributed by atoms with Gasteiger partial charge in [-0.2, -0.15) is 0 Å². The van der Waals surface area contributed by atoms with E-state index in [0.717, 1.165) is 97.6 Å². The average molecular weight is 1300 g/mol. The van der Waals surface area contributed by atoms with Crippen molar-refractivity contribution in [2.24, 2.45) is 5.92 Å². The number of nitrogens with zero attached hydrogens (tertiary/aromatic N) is 4. The summed E-state index contributed by atoms with van der Waals surface area (Å²) in [6, 6.07) is 36.9. The highest BCUT2D eigenvalue weighted by Gasteiger charge is 2.16. The van der Waals surface area contributed by atoms with Crippen molar-refractivity contribution in [3.63, 3.8) is 0 Å². The van der Waals surface area contributed by atoms with Gasteiger partial charge < -0.3 is 48.2 Å². The van der Waals surface area contributed by atoms with Crippen LogP contribution in [0.1, 0.15) is 81.8 Å². The summed E-state index contributed by atoms with van der Waals surface area (Å²) >= 11 is 13.3. The van der Waals surface area contributed by atoms with E-state index in [1.165, 1.54) is 26.4 Å². The highest BCUT2D eigenvalue weighted by molar-refractivity contribution is 7.84. The molecule has 6 aromatic carbocycles. The number of hydrogen-bond acceptors (Lipinski definition) is 12. The molecule has 0 saturated carbocycles. The van der Waals surface area contributed by atoms with Crippen LogP contribution in [0.5, 0.6) is 23.0 Å². The van der Waals surface area contributed by atoms with Crippen LogP contribution >= 0.6 is 23.2 Å². The number of hydrogen-bond donors (Lipinski definition) is 2. The first kappa shape index (κ1) is 68.1. The number of imidazole rings is 2. The number of rotatable bonds is 36. The van der Waals surface area contributed by atoms with E-state index in [9.17, 15) is 18.0 Å². The predicted octanol–water partition coefficient (Wildman–Crippen LogP) is 15.2. The van der Waals surface area contributed by atoms with Crippen molar-refractivity contribution >= 4 is 80.1 Å². The van der Waals surface area contributed by atoms with Gasteiger partial charge >= 0.3 is 0 Å². The maximum absolute atomic E-state index is 13.6. The number of halogens is 2. The standard InChI is InChI=1S/C70H78Cl2N6O10S2/c1-6-8-33-85-35-37-87-61-22-12-51(13-23-61)55-39-54(70(84-5)65(71)41-55)17-31-68(80)76-58-20-28-64(29-21-58)90(82)47-60-44-74-49-78(60)45-50(3)11-9-10-34-86-36-38-88-62-24-14-52(15-25-62)56-40-53(69(83-4)66(72)42-56)16-30-67(79)75-57-18-26-63(27-19-57)89(81)46-59-43-73-48-77(59)32-7-2/h12-31,39-44,48-50H,6-11,32-38,45-47H2,1-5H3,(H,75,79)(H,76,80)/b30-16+,31-17+/t50?,89-,90+/m1/s1. The minimum atomic E-state index is -1.34. The van der Waals surface area contributed by atoms with Crippen molar-refractivity contribution in [2.45, 2.75) is 93.7 Å². The van der Waals surface area contributed by atoms with Crippen LogP contribution in [0.25, 0.3) is 34.4 Å². The Morgan fingerprint density at radius 1 is 0.556 bits per heavy atom. The number of methoxy groups -OCH3 is 2. The van der Waals surface area contributed by atoms with Gasteiger partial charge in [-0.15, -0.1) is 0 Å². The lowest BCUT2D eigenvalue weighted by molar-refractivity contribution is -0.112. The number of aromatic nitrogens is 4. The van der Waals surface area contributed by atoms with Gasteiger partial charge in [-0.25, -0.2) is 9.97 Å². The van der Waals surface area contributed by atoms with Gasteiger partial charge in [-0.3, -0.25) is 18.0 Å². The summed E-state index contributed by atoms with van der Waals surface area (Å²) in [7, 11) is 0.462. The summed E-state index contributed by atoms with van der Waals surface area (Å²) in [6.07, 6.45) is 19.2. The first-order chi connectivity index (χ1) is 43.8. The lowest BCUT2D eigenvalue weighted by Crippen LogP contribution is -2.12. The Morgan fingerprint density at radius 2 is 1.01 bits per heavy atom. The van der Waals surface area contributed by atoms with E-state index in [0.29, 0.717) is 110 Å².